The lowest BCUT2D eigenvalue weighted by Crippen LogP contribution is -2.80. The predicted octanol–water partition coefficient (Wildman–Crippen LogP) is 6.04. The van der Waals surface area contributed by atoms with Crippen molar-refractivity contribution in [1.29, 1.82) is 0 Å². The topological polar surface area (TPSA) is 59.1 Å². The Morgan fingerprint density at radius 3 is 1.97 bits per heavy atom. The minimum absolute atomic E-state index is 0.0486. The molecular weight excluding hydrogens is 472 g/mol. The van der Waals surface area contributed by atoms with Crippen LogP contribution < -0.4 is 0 Å². The van der Waals surface area contributed by atoms with Crippen molar-refractivity contribution in [2.24, 2.45) is 0 Å². The summed E-state index contributed by atoms with van der Waals surface area (Å²) in [5.74, 6) is 0.0486. The summed E-state index contributed by atoms with van der Waals surface area (Å²) in [5.41, 5.74) is 2.48. The molecule has 0 spiro atoms. The highest BCUT2D eigenvalue weighted by atomic mass is 28.4. The van der Waals surface area contributed by atoms with Gasteiger partial charge < -0.3 is 13.7 Å². The number of carbonyl (C=O) groups excluding carboxylic acids is 2. The first-order chi connectivity index (χ1) is 16.2. The number of hydrogen-bond acceptors (Lipinski definition) is 4. The van der Waals surface area contributed by atoms with Gasteiger partial charge in [0, 0.05) is 0 Å². The molecule has 1 aromatic rings. The number of cyclic esters (lactones) is 1. The molecule has 1 aromatic carbocycles. The van der Waals surface area contributed by atoms with Crippen LogP contribution in [0.25, 0.3) is 0 Å². The smallest absolute Gasteiger partial charge is 0.410 e. The fourth-order valence-electron chi connectivity index (χ4n) is 6.68. The number of amides is 2. The molecule has 0 aromatic heterocycles. The van der Waals surface area contributed by atoms with Gasteiger partial charge in [0.1, 0.15) is 12.6 Å². The highest BCUT2D eigenvalue weighted by Crippen LogP contribution is 2.45. The number of carbonyl (C=O) groups is 2. The Hall–Kier alpha value is -1.65. The number of rotatable bonds is 10. The third kappa shape index (κ3) is 5.11. The molecule has 2 heterocycles. The molecule has 35 heavy (non-hydrogen) atoms. The molecule has 0 saturated carbocycles. The van der Waals surface area contributed by atoms with Crippen molar-refractivity contribution < 1.29 is 18.8 Å². The highest BCUT2D eigenvalue weighted by Gasteiger charge is 2.61. The molecule has 4 atom stereocenters. The molecular formula is C27H46N2O4Si2. The molecule has 2 aliphatic rings. The number of nitrogens with zero attached hydrogens (tertiary/aromatic N) is 2. The molecule has 2 fully saturated rings. The molecule has 0 unspecified atom stereocenters. The number of β-lactam (4-membered cyclic amide) rings is 1. The SMILES string of the molecule is CC(C)[Si](O[C@@H](C)[C@@H]1[C@@H](N2C(=O)OC[C@@H]2Cc2ccccc2)C(=O)N1[Si](C)(C)C)(C(C)C)C(C)C. The maximum Gasteiger partial charge on any atom is 0.410 e. The van der Waals surface area contributed by atoms with E-state index < -0.39 is 22.6 Å². The Bertz CT molecular complexity index is 878. The van der Waals surface area contributed by atoms with Crippen LogP contribution in [0.3, 0.4) is 0 Å². The lowest BCUT2D eigenvalue weighted by Gasteiger charge is -2.59. The Balaban J connectivity index is 1.96. The van der Waals surface area contributed by atoms with Crippen LogP contribution in [0.2, 0.25) is 36.3 Å². The van der Waals surface area contributed by atoms with Crippen LogP contribution in [0, 0.1) is 0 Å². The van der Waals surface area contributed by atoms with E-state index >= 15 is 0 Å². The quantitative estimate of drug-likeness (QED) is 0.280. The van der Waals surface area contributed by atoms with Crippen LogP contribution in [0.15, 0.2) is 30.3 Å². The summed E-state index contributed by atoms with van der Waals surface area (Å²) in [6, 6.07) is 9.29. The monoisotopic (exact) mass is 518 g/mol. The fraction of sp³-hybridized carbons (Fsp3) is 0.704. The third-order valence-corrected chi connectivity index (χ3v) is 16.2. The zero-order valence-electron chi connectivity index (χ0n) is 23.4. The van der Waals surface area contributed by atoms with E-state index in [0.29, 0.717) is 29.7 Å². The van der Waals surface area contributed by atoms with E-state index in [1.165, 1.54) is 0 Å². The molecule has 8 heteroatoms. The van der Waals surface area contributed by atoms with E-state index in [2.05, 4.69) is 84.8 Å². The van der Waals surface area contributed by atoms with E-state index in [0.717, 1.165) is 5.56 Å². The van der Waals surface area contributed by atoms with Gasteiger partial charge in [-0.2, -0.15) is 0 Å². The van der Waals surface area contributed by atoms with E-state index in [1.807, 2.05) is 18.2 Å². The summed E-state index contributed by atoms with van der Waals surface area (Å²) in [7, 11) is -4.16. The summed E-state index contributed by atoms with van der Waals surface area (Å²) in [4.78, 5) is 28.4. The summed E-state index contributed by atoms with van der Waals surface area (Å²) in [6.45, 7) is 22.7. The molecule has 0 aliphatic carbocycles. The first-order valence-corrected chi connectivity index (χ1v) is 18.8. The van der Waals surface area contributed by atoms with Crippen molar-refractivity contribution >= 4 is 28.6 Å². The number of hydrogen-bond donors (Lipinski definition) is 0. The van der Waals surface area contributed by atoms with Crippen LogP contribution in [-0.2, 0) is 20.4 Å². The lowest BCUT2D eigenvalue weighted by atomic mass is 9.91. The lowest BCUT2D eigenvalue weighted by molar-refractivity contribution is -0.154. The maximum atomic E-state index is 13.7. The van der Waals surface area contributed by atoms with Crippen molar-refractivity contribution in [2.45, 2.75) is 115 Å². The maximum absolute atomic E-state index is 13.7. The van der Waals surface area contributed by atoms with Gasteiger partial charge in [-0.1, -0.05) is 91.5 Å². The van der Waals surface area contributed by atoms with Gasteiger partial charge in [0.2, 0.25) is 14.2 Å². The van der Waals surface area contributed by atoms with Crippen LogP contribution in [0.4, 0.5) is 4.79 Å². The largest absolute Gasteiger partial charge is 0.447 e. The van der Waals surface area contributed by atoms with Crippen LogP contribution in [0.1, 0.15) is 54.0 Å². The van der Waals surface area contributed by atoms with Crippen molar-refractivity contribution in [3.05, 3.63) is 35.9 Å². The summed E-state index contributed by atoms with van der Waals surface area (Å²) >= 11 is 0. The first-order valence-electron chi connectivity index (χ1n) is 13.2. The van der Waals surface area contributed by atoms with Gasteiger partial charge in [0.05, 0.1) is 18.2 Å². The zero-order chi connectivity index (χ0) is 26.3. The second-order valence-corrected chi connectivity index (χ2v) is 22.5. The normalized spacial score (nSPS) is 24.4. The predicted molar refractivity (Wildman–Crippen MR) is 146 cm³/mol. The van der Waals surface area contributed by atoms with E-state index in [-0.39, 0.29) is 30.2 Å². The first kappa shape index (κ1) is 27.9. The van der Waals surface area contributed by atoms with Crippen molar-refractivity contribution in [3.63, 3.8) is 0 Å². The molecule has 196 valence electrons. The van der Waals surface area contributed by atoms with Gasteiger partial charge >= 0.3 is 6.09 Å². The molecule has 0 N–H and O–H groups in total. The van der Waals surface area contributed by atoms with E-state index in [1.54, 1.807) is 4.90 Å². The highest BCUT2D eigenvalue weighted by molar-refractivity contribution is 6.78. The van der Waals surface area contributed by atoms with Gasteiger partial charge in [-0.3, -0.25) is 9.69 Å². The number of ether oxygens (including phenoxy) is 1. The van der Waals surface area contributed by atoms with Gasteiger partial charge in [0.15, 0.2) is 8.24 Å². The Morgan fingerprint density at radius 2 is 1.49 bits per heavy atom. The molecule has 3 rings (SSSR count). The van der Waals surface area contributed by atoms with E-state index in [4.69, 9.17) is 9.16 Å². The second kappa shape index (κ2) is 10.4. The van der Waals surface area contributed by atoms with Crippen LogP contribution in [0.5, 0.6) is 0 Å². The van der Waals surface area contributed by atoms with Crippen LogP contribution in [-0.4, -0.2) is 68.9 Å². The number of benzene rings is 1. The summed E-state index contributed by atoms with van der Waals surface area (Å²) in [5, 5.41) is 0. The third-order valence-electron chi connectivity index (χ3n) is 8.03. The molecule has 2 amide bonds. The van der Waals surface area contributed by atoms with Gasteiger partial charge in [-0.05, 0) is 35.5 Å². The van der Waals surface area contributed by atoms with Gasteiger partial charge in [-0.15, -0.1) is 0 Å². The molecule has 6 nitrogen and oxygen atoms in total. The molecule has 0 bridgehead atoms. The van der Waals surface area contributed by atoms with Crippen LogP contribution >= 0.6 is 0 Å². The zero-order valence-corrected chi connectivity index (χ0v) is 25.4. The second-order valence-electron chi connectivity index (χ2n) is 12.3. The van der Waals surface area contributed by atoms with Crippen molar-refractivity contribution in [2.75, 3.05) is 6.61 Å². The molecule has 0 radical (unpaired) electrons. The van der Waals surface area contributed by atoms with E-state index in [9.17, 15) is 9.59 Å². The molecule has 2 saturated heterocycles. The minimum atomic E-state index is -2.17. The van der Waals surface area contributed by atoms with Gasteiger partial charge in [0.25, 0.3) is 0 Å². The van der Waals surface area contributed by atoms with Crippen molar-refractivity contribution in [3.8, 4) is 0 Å². The molecule has 2 aliphatic heterocycles. The Kier molecular flexibility index (Phi) is 8.28. The Morgan fingerprint density at radius 1 is 0.943 bits per heavy atom. The fourth-order valence-corrected chi connectivity index (χ4v) is 14.3. The minimum Gasteiger partial charge on any atom is -0.447 e. The summed E-state index contributed by atoms with van der Waals surface area (Å²) in [6.07, 6.45) is 0.138. The average Bonchev–Trinajstić information content (AvgIpc) is 3.08. The summed E-state index contributed by atoms with van der Waals surface area (Å²) < 4.78 is 14.8. The standard InChI is InChI=1S/C27H46N2O4Si2/c1-18(2)35(19(3)4,20(5)6)33-21(7)24-25(26(30)29(24)34(8,9)10)28-23(17-32-27(28)31)16-22-14-12-11-13-15-22/h11-15,18-21,23-25H,16-17H2,1-10H3/t21-,23-,24+,25+/m0/s1. The van der Waals surface area contributed by atoms with Gasteiger partial charge in [-0.25, -0.2) is 4.79 Å². The average molecular weight is 519 g/mol. The Labute approximate surface area is 214 Å². The van der Waals surface area contributed by atoms with Crippen molar-refractivity contribution in [1.82, 2.24) is 9.47 Å².